The Balaban J connectivity index is 1.71. The van der Waals surface area contributed by atoms with Crippen LogP contribution in [0.25, 0.3) is 0 Å². The van der Waals surface area contributed by atoms with E-state index in [1.807, 2.05) is 0 Å². The number of likely N-dealkylation sites (tertiary alicyclic amines) is 1. The molecule has 3 rings (SSSR count). The van der Waals surface area contributed by atoms with Gasteiger partial charge in [0.2, 0.25) is 5.91 Å². The predicted octanol–water partition coefficient (Wildman–Crippen LogP) is 3.84. The Bertz CT molecular complexity index is 856. The minimum absolute atomic E-state index is 0.0994. The molecule has 0 aromatic heterocycles. The number of piperidine rings is 1. The first-order chi connectivity index (χ1) is 15.1. The molecule has 2 fully saturated rings. The minimum atomic E-state index is -4.59. The number of benzene rings is 1. The third-order valence-electron chi connectivity index (χ3n) is 5.83. The van der Waals surface area contributed by atoms with Gasteiger partial charge in [-0.15, -0.1) is 0 Å². The highest BCUT2D eigenvalue weighted by molar-refractivity contribution is 5.99. The van der Waals surface area contributed by atoms with E-state index in [0.717, 1.165) is 50.3 Å². The van der Waals surface area contributed by atoms with Crippen molar-refractivity contribution < 1.29 is 32.4 Å². The fraction of sp³-hybridized carbons (Fsp3) is 0.619. The van der Waals surface area contributed by atoms with Crippen LogP contribution in [0.5, 0.6) is 5.75 Å². The van der Waals surface area contributed by atoms with Crippen LogP contribution in [0, 0.1) is 16.0 Å². The molecule has 1 saturated carbocycles. The highest BCUT2D eigenvalue weighted by Gasteiger charge is 2.33. The number of rotatable bonds is 6. The average Bonchev–Trinajstić information content (AvgIpc) is 2.77. The zero-order valence-corrected chi connectivity index (χ0v) is 17.5. The number of amides is 2. The van der Waals surface area contributed by atoms with E-state index in [-0.39, 0.29) is 29.8 Å². The van der Waals surface area contributed by atoms with E-state index in [4.69, 9.17) is 0 Å². The summed E-state index contributed by atoms with van der Waals surface area (Å²) in [5.41, 5.74) is -0.883. The molecule has 11 heteroatoms. The summed E-state index contributed by atoms with van der Waals surface area (Å²) >= 11 is 0. The second-order valence-corrected chi connectivity index (χ2v) is 8.27. The second kappa shape index (κ2) is 10.2. The summed E-state index contributed by atoms with van der Waals surface area (Å²) in [7, 11) is 0. The fourth-order valence-electron chi connectivity index (χ4n) is 4.21. The maximum absolute atomic E-state index is 13.0. The number of hydrogen-bond acceptors (Lipinski definition) is 5. The Kier molecular flexibility index (Phi) is 7.57. The van der Waals surface area contributed by atoms with E-state index in [9.17, 15) is 32.9 Å². The Labute approximate surface area is 183 Å². The van der Waals surface area contributed by atoms with Crippen LogP contribution in [-0.2, 0) is 4.79 Å². The maximum atomic E-state index is 13.0. The Morgan fingerprint density at radius 1 is 1.16 bits per heavy atom. The van der Waals surface area contributed by atoms with Crippen molar-refractivity contribution >= 4 is 17.5 Å². The molecular weight excluding hydrogens is 431 g/mol. The van der Waals surface area contributed by atoms with Crippen molar-refractivity contribution in [1.29, 1.82) is 0 Å². The lowest BCUT2D eigenvalue weighted by Gasteiger charge is -2.33. The molecule has 2 amide bonds. The van der Waals surface area contributed by atoms with E-state index in [2.05, 4.69) is 10.1 Å². The Morgan fingerprint density at radius 2 is 1.88 bits per heavy atom. The summed E-state index contributed by atoms with van der Waals surface area (Å²) in [4.78, 5) is 37.7. The van der Waals surface area contributed by atoms with Gasteiger partial charge in [0.25, 0.3) is 11.6 Å². The van der Waals surface area contributed by atoms with Gasteiger partial charge in [0, 0.05) is 25.2 Å². The van der Waals surface area contributed by atoms with Crippen molar-refractivity contribution in [3.63, 3.8) is 0 Å². The van der Waals surface area contributed by atoms with E-state index in [1.54, 1.807) is 0 Å². The van der Waals surface area contributed by atoms with Crippen LogP contribution in [0.4, 0.5) is 18.9 Å². The second-order valence-electron chi connectivity index (χ2n) is 8.27. The predicted molar refractivity (Wildman–Crippen MR) is 108 cm³/mol. The molecule has 1 aliphatic heterocycles. The van der Waals surface area contributed by atoms with Crippen LogP contribution < -0.4 is 10.1 Å². The zero-order valence-electron chi connectivity index (χ0n) is 17.5. The molecule has 0 spiro atoms. The molecule has 176 valence electrons. The summed E-state index contributed by atoms with van der Waals surface area (Å²) in [6, 6.07) is 3.07. The lowest BCUT2D eigenvalue weighted by Crippen LogP contribution is -2.48. The highest BCUT2D eigenvalue weighted by atomic mass is 19.4. The van der Waals surface area contributed by atoms with Gasteiger partial charge in [-0.25, -0.2) is 0 Å². The molecule has 0 bridgehead atoms. The standard InChI is InChI=1S/C21H26F3N3O5/c22-21(23,24)13-32-16-8-9-18(27(30)31)17(11-16)20(29)26-10-4-5-14(12-26)19(28)25-15-6-2-1-3-7-15/h8-9,11,14-15H,1-7,10,12-13H2,(H,25,28). The van der Waals surface area contributed by atoms with Gasteiger partial charge in [-0.1, -0.05) is 19.3 Å². The summed E-state index contributed by atoms with van der Waals surface area (Å²) in [5.74, 6) is -1.56. The van der Waals surface area contributed by atoms with Gasteiger partial charge >= 0.3 is 6.18 Å². The molecular formula is C21H26F3N3O5. The van der Waals surface area contributed by atoms with Gasteiger partial charge in [-0.05, 0) is 37.8 Å². The van der Waals surface area contributed by atoms with Gasteiger partial charge < -0.3 is 15.0 Å². The van der Waals surface area contributed by atoms with Crippen molar-refractivity contribution in [2.45, 2.75) is 57.2 Å². The molecule has 1 saturated heterocycles. The number of nitro benzene ring substituents is 1. The van der Waals surface area contributed by atoms with E-state index >= 15 is 0 Å². The number of nitrogens with zero attached hydrogens (tertiary/aromatic N) is 2. The number of alkyl halides is 3. The van der Waals surface area contributed by atoms with E-state index < -0.39 is 35.2 Å². The number of halogens is 3. The smallest absolute Gasteiger partial charge is 0.422 e. The normalized spacial score (nSPS) is 20.0. The van der Waals surface area contributed by atoms with E-state index in [0.29, 0.717) is 19.4 Å². The van der Waals surface area contributed by atoms with Gasteiger partial charge in [-0.3, -0.25) is 19.7 Å². The van der Waals surface area contributed by atoms with Crippen LogP contribution in [-0.4, -0.2) is 53.6 Å². The largest absolute Gasteiger partial charge is 0.484 e. The summed E-state index contributed by atoms with van der Waals surface area (Å²) in [6.07, 6.45) is 1.70. The van der Waals surface area contributed by atoms with Crippen LogP contribution >= 0.6 is 0 Å². The van der Waals surface area contributed by atoms with Crippen molar-refractivity contribution in [2.75, 3.05) is 19.7 Å². The quantitative estimate of drug-likeness (QED) is 0.517. The number of carbonyl (C=O) groups is 2. The summed E-state index contributed by atoms with van der Waals surface area (Å²) < 4.78 is 42.0. The number of nitrogens with one attached hydrogen (secondary N) is 1. The molecule has 0 radical (unpaired) electrons. The average molecular weight is 457 g/mol. The van der Waals surface area contributed by atoms with Gasteiger partial charge in [0.1, 0.15) is 11.3 Å². The van der Waals surface area contributed by atoms with Crippen LogP contribution in [0.1, 0.15) is 55.3 Å². The fourth-order valence-corrected chi connectivity index (χ4v) is 4.21. The van der Waals surface area contributed by atoms with Crippen molar-refractivity contribution in [3.05, 3.63) is 33.9 Å². The molecule has 1 N–H and O–H groups in total. The van der Waals surface area contributed by atoms with Gasteiger partial charge in [0.05, 0.1) is 10.8 Å². The SMILES string of the molecule is O=C(NC1CCCCC1)C1CCCN(C(=O)c2cc(OCC(F)(F)F)ccc2[N+](=O)[O-])C1. The first-order valence-corrected chi connectivity index (χ1v) is 10.7. The van der Waals surface area contributed by atoms with Crippen molar-refractivity contribution in [3.8, 4) is 5.75 Å². The number of nitro groups is 1. The molecule has 8 nitrogen and oxygen atoms in total. The molecule has 2 aliphatic rings. The number of carbonyl (C=O) groups excluding carboxylic acids is 2. The van der Waals surface area contributed by atoms with Crippen molar-refractivity contribution in [2.24, 2.45) is 5.92 Å². The lowest BCUT2D eigenvalue weighted by molar-refractivity contribution is -0.385. The van der Waals surface area contributed by atoms with Crippen molar-refractivity contribution in [1.82, 2.24) is 10.2 Å². The summed E-state index contributed by atoms with van der Waals surface area (Å²) in [5, 5.41) is 14.4. The van der Waals surface area contributed by atoms with Crippen LogP contribution in [0.3, 0.4) is 0 Å². The number of hydrogen-bond donors (Lipinski definition) is 1. The first kappa shape index (κ1) is 23.8. The topological polar surface area (TPSA) is 102 Å². The molecule has 1 unspecified atom stereocenters. The minimum Gasteiger partial charge on any atom is -0.484 e. The van der Waals surface area contributed by atoms with Gasteiger partial charge in [0.15, 0.2) is 6.61 Å². The molecule has 32 heavy (non-hydrogen) atoms. The molecule has 1 aliphatic carbocycles. The van der Waals surface area contributed by atoms with Crippen LogP contribution in [0.2, 0.25) is 0 Å². The lowest BCUT2D eigenvalue weighted by atomic mass is 9.92. The number of ether oxygens (including phenoxy) is 1. The Morgan fingerprint density at radius 3 is 2.53 bits per heavy atom. The molecule has 1 aromatic rings. The molecule has 1 aromatic carbocycles. The maximum Gasteiger partial charge on any atom is 0.422 e. The summed E-state index contributed by atoms with van der Waals surface area (Å²) in [6.45, 7) is -1.18. The first-order valence-electron chi connectivity index (χ1n) is 10.7. The zero-order chi connectivity index (χ0) is 23.3. The van der Waals surface area contributed by atoms with Crippen LogP contribution in [0.15, 0.2) is 18.2 Å². The third kappa shape index (κ3) is 6.33. The van der Waals surface area contributed by atoms with E-state index in [1.165, 1.54) is 4.90 Å². The third-order valence-corrected chi connectivity index (χ3v) is 5.83. The Hall–Kier alpha value is -2.85. The monoisotopic (exact) mass is 457 g/mol. The highest BCUT2D eigenvalue weighted by Crippen LogP contribution is 2.29. The molecule has 1 atom stereocenters. The molecule has 1 heterocycles. The van der Waals surface area contributed by atoms with Gasteiger partial charge in [-0.2, -0.15) is 13.2 Å².